The maximum absolute atomic E-state index is 12.8. The Labute approximate surface area is 181 Å². The molecule has 1 aromatic rings. The molecule has 6 heteroatoms. The van der Waals surface area contributed by atoms with E-state index >= 15 is 0 Å². The number of likely N-dealkylation sites (tertiary alicyclic amines) is 1. The van der Waals surface area contributed by atoms with Crippen molar-refractivity contribution in [3.8, 4) is 0 Å². The SMILES string of the molecule is CC(C)(O)[C@@H]1CC[C@](C)([C@@H]2CC3(CCN(C(=O)c4ccc(Br)cc4)CC3)CO2)O1. The molecule has 3 aliphatic heterocycles. The van der Waals surface area contributed by atoms with Crippen molar-refractivity contribution in [2.45, 2.75) is 76.3 Å². The van der Waals surface area contributed by atoms with Crippen molar-refractivity contribution >= 4 is 21.8 Å². The first-order chi connectivity index (χ1) is 13.6. The van der Waals surface area contributed by atoms with Gasteiger partial charge in [0.15, 0.2) is 0 Å². The van der Waals surface area contributed by atoms with Gasteiger partial charge in [-0.15, -0.1) is 0 Å². The van der Waals surface area contributed by atoms with Crippen LogP contribution in [0, 0.1) is 5.41 Å². The van der Waals surface area contributed by atoms with Crippen LogP contribution in [0.25, 0.3) is 0 Å². The molecule has 4 rings (SSSR count). The molecule has 0 saturated carbocycles. The van der Waals surface area contributed by atoms with Crippen LogP contribution in [-0.4, -0.2) is 59.0 Å². The number of carbonyl (C=O) groups excluding carboxylic acids is 1. The van der Waals surface area contributed by atoms with Crippen LogP contribution in [0.3, 0.4) is 0 Å². The van der Waals surface area contributed by atoms with E-state index in [-0.39, 0.29) is 29.1 Å². The standard InChI is InChI=1S/C23H32BrNO4/c1-21(2,27)18-8-9-22(3,29-18)19-14-23(15-28-19)10-12-25(13-11-23)20(26)16-4-6-17(24)7-5-16/h4-7,18-19,27H,8-15H2,1-3H3/t18-,19-,22+/m0/s1. The Balaban J connectivity index is 1.35. The van der Waals surface area contributed by atoms with Crippen LogP contribution in [0.1, 0.15) is 63.2 Å². The first-order valence-corrected chi connectivity index (χ1v) is 11.5. The van der Waals surface area contributed by atoms with E-state index < -0.39 is 5.60 Å². The first-order valence-electron chi connectivity index (χ1n) is 10.7. The molecule has 1 amide bonds. The maximum Gasteiger partial charge on any atom is 0.253 e. The van der Waals surface area contributed by atoms with E-state index in [1.165, 1.54) is 0 Å². The number of hydrogen-bond acceptors (Lipinski definition) is 4. The average Bonchev–Trinajstić information content (AvgIpc) is 3.28. The number of hydrogen-bond donors (Lipinski definition) is 1. The molecular weight excluding hydrogens is 434 g/mol. The number of rotatable bonds is 3. The van der Waals surface area contributed by atoms with E-state index in [2.05, 4.69) is 22.9 Å². The topological polar surface area (TPSA) is 59.0 Å². The molecule has 1 N–H and O–H groups in total. The van der Waals surface area contributed by atoms with Crippen LogP contribution in [0.2, 0.25) is 0 Å². The quantitative estimate of drug-likeness (QED) is 0.727. The number of nitrogens with zero attached hydrogens (tertiary/aromatic N) is 1. The number of amides is 1. The lowest BCUT2D eigenvalue weighted by Gasteiger charge is -2.39. The molecule has 0 aliphatic carbocycles. The van der Waals surface area contributed by atoms with Crippen molar-refractivity contribution < 1.29 is 19.4 Å². The van der Waals surface area contributed by atoms with Crippen LogP contribution in [0.15, 0.2) is 28.7 Å². The second kappa shape index (κ2) is 7.63. The Morgan fingerprint density at radius 1 is 1.21 bits per heavy atom. The molecule has 0 radical (unpaired) electrons. The van der Waals surface area contributed by atoms with Gasteiger partial charge in [-0.2, -0.15) is 0 Å². The van der Waals surface area contributed by atoms with Gasteiger partial charge in [-0.1, -0.05) is 15.9 Å². The fourth-order valence-corrected chi connectivity index (χ4v) is 5.35. The summed E-state index contributed by atoms with van der Waals surface area (Å²) in [6.07, 6.45) is 4.61. The molecule has 0 bridgehead atoms. The van der Waals surface area contributed by atoms with Gasteiger partial charge in [-0.05, 0) is 82.6 Å². The summed E-state index contributed by atoms with van der Waals surface area (Å²) in [4.78, 5) is 14.8. The summed E-state index contributed by atoms with van der Waals surface area (Å²) in [5.74, 6) is 0.113. The van der Waals surface area contributed by atoms with E-state index in [1.54, 1.807) is 0 Å². The van der Waals surface area contributed by atoms with Gasteiger partial charge in [0.05, 0.1) is 30.0 Å². The number of piperidine rings is 1. The summed E-state index contributed by atoms with van der Waals surface area (Å²) in [6, 6.07) is 7.58. The van der Waals surface area contributed by atoms with Gasteiger partial charge in [0, 0.05) is 23.1 Å². The van der Waals surface area contributed by atoms with Crippen molar-refractivity contribution in [3.63, 3.8) is 0 Å². The van der Waals surface area contributed by atoms with Crippen molar-refractivity contribution in [3.05, 3.63) is 34.3 Å². The monoisotopic (exact) mass is 465 g/mol. The van der Waals surface area contributed by atoms with Crippen molar-refractivity contribution in [2.75, 3.05) is 19.7 Å². The lowest BCUT2D eigenvalue weighted by Crippen LogP contribution is -2.45. The molecule has 0 aromatic heterocycles. The predicted molar refractivity (Wildman–Crippen MR) is 115 cm³/mol. The molecule has 160 valence electrons. The molecular formula is C23H32BrNO4. The summed E-state index contributed by atoms with van der Waals surface area (Å²) in [5.41, 5.74) is -0.277. The zero-order valence-electron chi connectivity index (χ0n) is 17.6. The number of carbonyl (C=O) groups is 1. The fourth-order valence-electron chi connectivity index (χ4n) is 5.08. The highest BCUT2D eigenvalue weighted by atomic mass is 79.9. The normalized spacial score (nSPS) is 32.1. The van der Waals surface area contributed by atoms with Crippen LogP contribution in [0.5, 0.6) is 0 Å². The lowest BCUT2D eigenvalue weighted by molar-refractivity contribution is -0.155. The average molecular weight is 466 g/mol. The van der Waals surface area contributed by atoms with Crippen molar-refractivity contribution in [2.24, 2.45) is 5.41 Å². The molecule has 3 heterocycles. The molecule has 5 nitrogen and oxygen atoms in total. The van der Waals surface area contributed by atoms with Crippen molar-refractivity contribution in [1.29, 1.82) is 0 Å². The van der Waals surface area contributed by atoms with Crippen LogP contribution >= 0.6 is 15.9 Å². The summed E-state index contributed by atoms with van der Waals surface area (Å²) < 4.78 is 13.6. The molecule has 0 unspecified atom stereocenters. The molecule has 3 saturated heterocycles. The molecule has 3 atom stereocenters. The highest BCUT2D eigenvalue weighted by Crippen LogP contribution is 2.49. The van der Waals surface area contributed by atoms with Crippen LogP contribution in [-0.2, 0) is 9.47 Å². The van der Waals surface area contributed by atoms with Gasteiger partial charge in [-0.25, -0.2) is 0 Å². The lowest BCUT2D eigenvalue weighted by atomic mass is 9.74. The minimum atomic E-state index is -0.827. The number of benzene rings is 1. The van der Waals surface area contributed by atoms with E-state index in [9.17, 15) is 9.90 Å². The van der Waals surface area contributed by atoms with E-state index in [1.807, 2.05) is 43.0 Å². The minimum Gasteiger partial charge on any atom is -0.388 e. The van der Waals surface area contributed by atoms with Gasteiger partial charge >= 0.3 is 0 Å². The molecule has 3 aliphatic rings. The second-order valence-electron chi connectivity index (χ2n) is 9.91. The van der Waals surface area contributed by atoms with Gasteiger partial charge < -0.3 is 19.5 Å². The largest absolute Gasteiger partial charge is 0.388 e. The molecule has 29 heavy (non-hydrogen) atoms. The summed E-state index contributed by atoms with van der Waals surface area (Å²) in [6.45, 7) is 8.06. The zero-order valence-corrected chi connectivity index (χ0v) is 19.2. The Bertz CT molecular complexity index is 751. The van der Waals surface area contributed by atoms with Crippen molar-refractivity contribution in [1.82, 2.24) is 4.90 Å². The zero-order chi connectivity index (χ0) is 20.9. The van der Waals surface area contributed by atoms with Gasteiger partial charge in [-0.3, -0.25) is 4.79 Å². The minimum absolute atomic E-state index is 0.0589. The molecule has 1 spiro atoms. The van der Waals surface area contributed by atoms with Gasteiger partial charge in [0.25, 0.3) is 5.91 Å². The summed E-state index contributed by atoms with van der Waals surface area (Å²) >= 11 is 3.42. The smallest absolute Gasteiger partial charge is 0.253 e. The predicted octanol–water partition coefficient (Wildman–Crippen LogP) is 4.17. The Morgan fingerprint density at radius 2 is 1.86 bits per heavy atom. The number of halogens is 1. The van der Waals surface area contributed by atoms with Gasteiger partial charge in [0.1, 0.15) is 0 Å². The Hall–Kier alpha value is -0.950. The van der Waals surface area contributed by atoms with E-state index in [4.69, 9.17) is 9.47 Å². The maximum atomic E-state index is 12.8. The van der Waals surface area contributed by atoms with E-state index in [0.717, 1.165) is 61.8 Å². The van der Waals surface area contributed by atoms with Crippen LogP contribution in [0.4, 0.5) is 0 Å². The number of ether oxygens (including phenoxy) is 2. The van der Waals surface area contributed by atoms with E-state index in [0.29, 0.717) is 0 Å². The number of aliphatic hydroxyl groups is 1. The summed E-state index contributed by atoms with van der Waals surface area (Å²) in [7, 11) is 0. The Morgan fingerprint density at radius 3 is 2.45 bits per heavy atom. The highest BCUT2D eigenvalue weighted by Gasteiger charge is 2.53. The van der Waals surface area contributed by atoms with Crippen LogP contribution < -0.4 is 0 Å². The highest BCUT2D eigenvalue weighted by molar-refractivity contribution is 9.10. The van der Waals surface area contributed by atoms with Gasteiger partial charge in [0.2, 0.25) is 0 Å². The molecule has 3 fully saturated rings. The Kier molecular flexibility index (Phi) is 5.60. The second-order valence-corrected chi connectivity index (χ2v) is 10.8. The third kappa shape index (κ3) is 4.27. The summed E-state index contributed by atoms with van der Waals surface area (Å²) in [5, 5.41) is 10.3. The fraction of sp³-hybridized carbons (Fsp3) is 0.696. The third-order valence-electron chi connectivity index (χ3n) is 7.20. The molecule has 1 aromatic carbocycles. The third-order valence-corrected chi connectivity index (χ3v) is 7.72. The first kappa shape index (κ1) is 21.3.